The summed E-state index contributed by atoms with van der Waals surface area (Å²) >= 11 is 0. The maximum atomic E-state index is 10.8. The van der Waals surface area contributed by atoms with Crippen molar-refractivity contribution < 1.29 is 0 Å². The molecule has 0 bridgehead atoms. The minimum Gasteiger partial charge on any atom is -0.304 e. The number of hydrogen-bond acceptors (Lipinski definition) is 4. The monoisotopic (exact) mass is 162 g/mol. The Bertz CT molecular complexity index is 476. The standard InChI is InChI=1S/C7H6N4O/c1-4-8-2-5-7(10-4)11-6(12)3-9-5/h2-3H,1H3,(H,8,10,11,12). The van der Waals surface area contributed by atoms with Gasteiger partial charge in [0, 0.05) is 0 Å². The van der Waals surface area contributed by atoms with Gasteiger partial charge in [-0.2, -0.15) is 0 Å². The van der Waals surface area contributed by atoms with Gasteiger partial charge in [-0.3, -0.25) is 4.79 Å². The predicted molar refractivity (Wildman–Crippen MR) is 42.7 cm³/mol. The third-order valence-electron chi connectivity index (χ3n) is 1.45. The molecule has 2 aromatic heterocycles. The first-order valence-electron chi connectivity index (χ1n) is 3.44. The van der Waals surface area contributed by atoms with Crippen LogP contribution < -0.4 is 5.56 Å². The number of rotatable bonds is 0. The van der Waals surface area contributed by atoms with E-state index in [9.17, 15) is 4.79 Å². The van der Waals surface area contributed by atoms with Crippen molar-refractivity contribution in [1.82, 2.24) is 19.9 Å². The molecule has 1 N–H and O–H groups in total. The molecule has 2 rings (SSSR count). The summed E-state index contributed by atoms with van der Waals surface area (Å²) in [5.41, 5.74) is 0.829. The largest absolute Gasteiger partial charge is 0.304 e. The maximum Gasteiger partial charge on any atom is 0.268 e. The summed E-state index contributed by atoms with van der Waals surface area (Å²) in [5, 5.41) is 0. The second-order valence-corrected chi connectivity index (χ2v) is 2.40. The highest BCUT2D eigenvalue weighted by molar-refractivity contribution is 5.67. The molecule has 0 aliphatic carbocycles. The lowest BCUT2D eigenvalue weighted by Crippen LogP contribution is -2.06. The molecule has 2 heterocycles. The molecule has 0 spiro atoms. The molecule has 0 aromatic carbocycles. The first kappa shape index (κ1) is 6.90. The minimum atomic E-state index is -0.249. The fourth-order valence-electron chi connectivity index (χ4n) is 0.927. The zero-order valence-corrected chi connectivity index (χ0v) is 6.40. The fourth-order valence-corrected chi connectivity index (χ4v) is 0.927. The highest BCUT2D eigenvalue weighted by atomic mass is 16.1. The zero-order valence-electron chi connectivity index (χ0n) is 6.40. The number of aryl methyl sites for hydroxylation is 1. The topological polar surface area (TPSA) is 71.5 Å². The molecule has 0 aliphatic heterocycles. The van der Waals surface area contributed by atoms with Gasteiger partial charge in [0.05, 0.1) is 12.4 Å². The number of aromatic nitrogens is 4. The van der Waals surface area contributed by atoms with Gasteiger partial charge in [-0.05, 0) is 6.92 Å². The van der Waals surface area contributed by atoms with Crippen molar-refractivity contribution in [2.75, 3.05) is 0 Å². The predicted octanol–water partition coefficient (Wildman–Crippen LogP) is 0.0215. The molecule has 12 heavy (non-hydrogen) atoms. The summed E-state index contributed by atoms with van der Waals surface area (Å²) in [6.07, 6.45) is 2.79. The van der Waals surface area contributed by atoms with Crippen LogP contribution in [0.2, 0.25) is 0 Å². The Balaban J connectivity index is 2.89. The van der Waals surface area contributed by atoms with Gasteiger partial charge >= 0.3 is 0 Å². The summed E-state index contributed by atoms with van der Waals surface area (Å²) in [4.78, 5) is 25.2. The van der Waals surface area contributed by atoms with E-state index in [0.717, 1.165) is 0 Å². The van der Waals surface area contributed by atoms with Crippen LogP contribution in [0.4, 0.5) is 0 Å². The third-order valence-corrected chi connectivity index (χ3v) is 1.45. The molecule has 2 aromatic rings. The quantitative estimate of drug-likeness (QED) is 0.592. The molecular formula is C7H6N4O. The Hall–Kier alpha value is -1.78. The smallest absolute Gasteiger partial charge is 0.268 e. The number of fused-ring (bicyclic) bond motifs is 1. The molecule has 5 nitrogen and oxygen atoms in total. The van der Waals surface area contributed by atoms with Crippen LogP contribution in [0.5, 0.6) is 0 Å². The number of hydrogen-bond donors (Lipinski definition) is 1. The minimum absolute atomic E-state index is 0.249. The number of nitrogens with one attached hydrogen (secondary N) is 1. The van der Waals surface area contributed by atoms with Gasteiger partial charge in [-0.25, -0.2) is 15.0 Å². The summed E-state index contributed by atoms with van der Waals surface area (Å²) in [7, 11) is 0. The number of H-pyrrole nitrogens is 1. The van der Waals surface area contributed by atoms with Crippen LogP contribution in [0.3, 0.4) is 0 Å². The summed E-state index contributed by atoms with van der Waals surface area (Å²) < 4.78 is 0. The first-order chi connectivity index (χ1) is 5.75. The lowest BCUT2D eigenvalue weighted by atomic mass is 10.5. The molecule has 0 radical (unpaired) electrons. The van der Waals surface area contributed by atoms with Crippen molar-refractivity contribution in [2.45, 2.75) is 6.92 Å². The molecule has 0 saturated carbocycles. The SMILES string of the molecule is Cc1ncc2ncc(=O)[nH]c2n1. The maximum absolute atomic E-state index is 10.8. The van der Waals surface area contributed by atoms with Crippen LogP contribution >= 0.6 is 0 Å². The van der Waals surface area contributed by atoms with E-state index in [4.69, 9.17) is 0 Å². The van der Waals surface area contributed by atoms with Crippen molar-refractivity contribution in [2.24, 2.45) is 0 Å². The highest BCUT2D eigenvalue weighted by Crippen LogP contribution is 1.99. The van der Waals surface area contributed by atoms with Crippen LogP contribution in [0, 0.1) is 6.92 Å². The van der Waals surface area contributed by atoms with Crippen molar-refractivity contribution in [3.63, 3.8) is 0 Å². The van der Waals surface area contributed by atoms with Crippen LogP contribution in [-0.4, -0.2) is 19.9 Å². The lowest BCUT2D eigenvalue weighted by Gasteiger charge is -1.94. The fraction of sp³-hybridized carbons (Fsp3) is 0.143. The molecule has 5 heteroatoms. The second kappa shape index (κ2) is 2.37. The van der Waals surface area contributed by atoms with Crippen molar-refractivity contribution >= 4 is 11.2 Å². The van der Waals surface area contributed by atoms with Crippen LogP contribution in [0.1, 0.15) is 5.82 Å². The Morgan fingerprint density at radius 2 is 2.17 bits per heavy atom. The second-order valence-electron chi connectivity index (χ2n) is 2.40. The Morgan fingerprint density at radius 1 is 1.33 bits per heavy atom. The van der Waals surface area contributed by atoms with E-state index in [1.807, 2.05) is 0 Å². The van der Waals surface area contributed by atoms with Gasteiger partial charge in [0.15, 0.2) is 5.65 Å². The van der Waals surface area contributed by atoms with Crippen LogP contribution in [0.25, 0.3) is 11.2 Å². The van der Waals surface area contributed by atoms with E-state index >= 15 is 0 Å². The molecule has 60 valence electrons. The Morgan fingerprint density at radius 3 is 3.00 bits per heavy atom. The van der Waals surface area contributed by atoms with Crippen molar-refractivity contribution in [3.8, 4) is 0 Å². The highest BCUT2D eigenvalue weighted by Gasteiger charge is 1.96. The van der Waals surface area contributed by atoms with Crippen LogP contribution in [-0.2, 0) is 0 Å². The summed E-state index contributed by atoms with van der Waals surface area (Å²) in [5.74, 6) is 0.617. The molecule has 0 aliphatic rings. The lowest BCUT2D eigenvalue weighted by molar-refractivity contribution is 1.05. The normalized spacial score (nSPS) is 10.4. The van der Waals surface area contributed by atoms with Crippen LogP contribution in [0.15, 0.2) is 17.2 Å². The van der Waals surface area contributed by atoms with E-state index in [-0.39, 0.29) is 5.56 Å². The van der Waals surface area contributed by atoms with E-state index in [1.54, 1.807) is 13.1 Å². The van der Waals surface area contributed by atoms with Crippen molar-refractivity contribution in [1.29, 1.82) is 0 Å². The Labute approximate surface area is 67.5 Å². The number of aromatic amines is 1. The van der Waals surface area contributed by atoms with Gasteiger partial charge < -0.3 is 4.98 Å². The Kier molecular flexibility index (Phi) is 1.36. The summed E-state index contributed by atoms with van der Waals surface area (Å²) in [6, 6.07) is 0. The molecule has 0 amide bonds. The van der Waals surface area contributed by atoms with Gasteiger partial charge in [0.2, 0.25) is 0 Å². The van der Waals surface area contributed by atoms with Gasteiger partial charge in [0.1, 0.15) is 11.3 Å². The van der Waals surface area contributed by atoms with Crippen molar-refractivity contribution in [3.05, 3.63) is 28.6 Å². The number of nitrogens with zero attached hydrogens (tertiary/aromatic N) is 3. The third kappa shape index (κ3) is 1.05. The zero-order chi connectivity index (χ0) is 8.55. The molecule has 0 unspecified atom stereocenters. The van der Waals surface area contributed by atoms with Gasteiger partial charge in [0.25, 0.3) is 5.56 Å². The average molecular weight is 162 g/mol. The van der Waals surface area contributed by atoms with Gasteiger partial charge in [-0.15, -0.1) is 0 Å². The first-order valence-corrected chi connectivity index (χ1v) is 3.44. The molecule has 0 saturated heterocycles. The average Bonchev–Trinajstić information content (AvgIpc) is 2.03. The summed E-state index contributed by atoms with van der Waals surface area (Å²) in [6.45, 7) is 1.75. The van der Waals surface area contributed by atoms with E-state index in [1.165, 1.54) is 6.20 Å². The molecule has 0 atom stereocenters. The molecular weight excluding hydrogens is 156 g/mol. The van der Waals surface area contributed by atoms with E-state index < -0.39 is 0 Å². The van der Waals surface area contributed by atoms with E-state index in [0.29, 0.717) is 17.0 Å². The molecule has 0 fully saturated rings. The van der Waals surface area contributed by atoms with E-state index in [2.05, 4.69) is 19.9 Å². The van der Waals surface area contributed by atoms with Gasteiger partial charge in [-0.1, -0.05) is 0 Å².